The van der Waals surface area contributed by atoms with Crippen LogP contribution in [0.4, 0.5) is 0 Å². The van der Waals surface area contributed by atoms with Crippen molar-refractivity contribution in [2.75, 3.05) is 0 Å². The standard InChI is InChI=1S/C10H17N3O2/c1-6-4-7(5-6)12-9(14)10(2-3-10)8(11)13-15/h6-7,15H,2-5H2,1H3,(H2,11,13)(H,12,14). The monoisotopic (exact) mass is 211 g/mol. The van der Waals surface area contributed by atoms with E-state index in [2.05, 4.69) is 17.4 Å². The Morgan fingerprint density at radius 1 is 1.53 bits per heavy atom. The molecule has 0 aliphatic heterocycles. The van der Waals surface area contributed by atoms with Crippen LogP contribution in [-0.4, -0.2) is 23.0 Å². The first kappa shape index (κ1) is 10.3. The van der Waals surface area contributed by atoms with Gasteiger partial charge in [0.15, 0.2) is 5.84 Å². The number of carbonyl (C=O) groups is 1. The molecule has 0 bridgehead atoms. The van der Waals surface area contributed by atoms with E-state index in [9.17, 15) is 4.79 Å². The number of nitrogens with zero attached hydrogens (tertiary/aromatic N) is 1. The summed E-state index contributed by atoms with van der Waals surface area (Å²) in [6.07, 6.45) is 3.46. The van der Waals surface area contributed by atoms with Gasteiger partial charge in [-0.25, -0.2) is 0 Å². The van der Waals surface area contributed by atoms with E-state index in [-0.39, 0.29) is 17.8 Å². The van der Waals surface area contributed by atoms with E-state index >= 15 is 0 Å². The molecule has 0 aromatic carbocycles. The van der Waals surface area contributed by atoms with E-state index in [0.717, 1.165) is 12.8 Å². The van der Waals surface area contributed by atoms with Crippen LogP contribution < -0.4 is 11.1 Å². The number of carbonyl (C=O) groups excluding carboxylic acids is 1. The minimum absolute atomic E-state index is 0.0485. The molecule has 2 aliphatic rings. The first-order chi connectivity index (χ1) is 7.08. The lowest BCUT2D eigenvalue weighted by molar-refractivity contribution is -0.125. The van der Waals surface area contributed by atoms with Gasteiger partial charge in [0.1, 0.15) is 5.41 Å². The van der Waals surface area contributed by atoms with Gasteiger partial charge in [-0.3, -0.25) is 4.79 Å². The fraction of sp³-hybridized carbons (Fsp3) is 0.800. The third kappa shape index (κ3) is 1.66. The molecule has 2 saturated carbocycles. The maximum absolute atomic E-state index is 11.9. The molecule has 5 heteroatoms. The second-order valence-electron chi connectivity index (χ2n) is 4.81. The lowest BCUT2D eigenvalue weighted by Crippen LogP contribution is -2.49. The van der Waals surface area contributed by atoms with Crippen LogP contribution in [0.15, 0.2) is 5.16 Å². The Balaban J connectivity index is 1.91. The van der Waals surface area contributed by atoms with E-state index in [4.69, 9.17) is 10.9 Å². The van der Waals surface area contributed by atoms with E-state index in [1.807, 2.05) is 0 Å². The number of hydrogen-bond donors (Lipinski definition) is 3. The van der Waals surface area contributed by atoms with Crippen molar-refractivity contribution in [3.8, 4) is 0 Å². The molecule has 0 radical (unpaired) electrons. The lowest BCUT2D eigenvalue weighted by atomic mass is 9.81. The number of hydrogen-bond acceptors (Lipinski definition) is 3. The van der Waals surface area contributed by atoms with Crippen molar-refractivity contribution in [1.82, 2.24) is 5.32 Å². The third-order valence-electron chi connectivity index (χ3n) is 3.49. The van der Waals surface area contributed by atoms with Crippen LogP contribution in [0.25, 0.3) is 0 Å². The smallest absolute Gasteiger partial charge is 0.234 e. The van der Waals surface area contributed by atoms with Gasteiger partial charge in [0.25, 0.3) is 0 Å². The van der Waals surface area contributed by atoms with Crippen LogP contribution in [0.5, 0.6) is 0 Å². The predicted molar refractivity (Wildman–Crippen MR) is 55.4 cm³/mol. The van der Waals surface area contributed by atoms with E-state index < -0.39 is 5.41 Å². The predicted octanol–water partition coefficient (Wildman–Crippen LogP) is 0.428. The second kappa shape index (κ2) is 3.40. The van der Waals surface area contributed by atoms with Gasteiger partial charge in [-0.15, -0.1) is 0 Å². The Morgan fingerprint density at radius 2 is 2.13 bits per heavy atom. The first-order valence-electron chi connectivity index (χ1n) is 5.37. The van der Waals surface area contributed by atoms with Gasteiger partial charge in [0.05, 0.1) is 0 Å². The zero-order chi connectivity index (χ0) is 11.1. The van der Waals surface area contributed by atoms with Gasteiger partial charge in [-0.05, 0) is 31.6 Å². The summed E-state index contributed by atoms with van der Waals surface area (Å²) in [5, 5.41) is 14.5. The summed E-state index contributed by atoms with van der Waals surface area (Å²) in [5.74, 6) is 0.677. The summed E-state index contributed by atoms with van der Waals surface area (Å²) < 4.78 is 0. The Kier molecular flexibility index (Phi) is 2.32. The van der Waals surface area contributed by atoms with Crippen LogP contribution >= 0.6 is 0 Å². The van der Waals surface area contributed by atoms with E-state index in [1.165, 1.54) is 0 Å². The Hall–Kier alpha value is -1.26. The van der Waals surface area contributed by atoms with E-state index in [1.54, 1.807) is 0 Å². The third-order valence-corrected chi connectivity index (χ3v) is 3.49. The van der Waals surface area contributed by atoms with Crippen molar-refractivity contribution < 1.29 is 10.0 Å². The topological polar surface area (TPSA) is 87.7 Å². The number of amides is 1. The normalized spacial score (nSPS) is 33.0. The molecule has 2 rings (SSSR count). The minimum Gasteiger partial charge on any atom is -0.409 e. The molecule has 4 N–H and O–H groups in total. The summed E-state index contributed by atoms with van der Waals surface area (Å²) in [4.78, 5) is 11.9. The first-order valence-corrected chi connectivity index (χ1v) is 5.37. The fourth-order valence-corrected chi connectivity index (χ4v) is 2.16. The molecule has 2 fully saturated rings. The highest BCUT2D eigenvalue weighted by Gasteiger charge is 2.54. The number of oxime groups is 1. The van der Waals surface area contributed by atoms with Crippen molar-refractivity contribution in [3.63, 3.8) is 0 Å². The molecule has 1 amide bonds. The van der Waals surface area contributed by atoms with Crippen molar-refractivity contribution in [3.05, 3.63) is 0 Å². The quantitative estimate of drug-likeness (QED) is 0.274. The minimum atomic E-state index is -0.701. The van der Waals surface area contributed by atoms with Gasteiger partial charge >= 0.3 is 0 Å². The maximum atomic E-state index is 11.9. The molecule has 0 spiro atoms. The van der Waals surface area contributed by atoms with Gasteiger partial charge in [-0.1, -0.05) is 12.1 Å². The van der Waals surface area contributed by atoms with Crippen LogP contribution in [0.3, 0.4) is 0 Å². The van der Waals surface area contributed by atoms with Crippen LogP contribution in [0, 0.1) is 11.3 Å². The Bertz CT molecular complexity index is 304. The molecule has 0 saturated heterocycles. The van der Waals surface area contributed by atoms with Crippen LogP contribution in [-0.2, 0) is 4.79 Å². The summed E-state index contributed by atoms with van der Waals surface area (Å²) in [6, 6.07) is 0.288. The highest BCUT2D eigenvalue weighted by atomic mass is 16.4. The molecule has 5 nitrogen and oxygen atoms in total. The Morgan fingerprint density at radius 3 is 2.53 bits per heavy atom. The molecule has 84 valence electrons. The average Bonchev–Trinajstić information content (AvgIpc) is 2.95. The molecular formula is C10H17N3O2. The molecular weight excluding hydrogens is 194 g/mol. The Labute approximate surface area is 88.7 Å². The fourth-order valence-electron chi connectivity index (χ4n) is 2.16. The largest absolute Gasteiger partial charge is 0.409 e. The molecule has 0 aromatic heterocycles. The summed E-state index contributed by atoms with van der Waals surface area (Å²) in [7, 11) is 0. The number of amidine groups is 1. The van der Waals surface area contributed by atoms with E-state index in [0.29, 0.717) is 18.8 Å². The average molecular weight is 211 g/mol. The molecule has 2 aliphatic carbocycles. The lowest BCUT2D eigenvalue weighted by Gasteiger charge is -2.34. The summed E-state index contributed by atoms with van der Waals surface area (Å²) in [5.41, 5.74) is 4.81. The van der Waals surface area contributed by atoms with Gasteiger partial charge in [-0.2, -0.15) is 0 Å². The van der Waals surface area contributed by atoms with Crippen LogP contribution in [0.1, 0.15) is 32.6 Å². The highest BCUT2D eigenvalue weighted by Crippen LogP contribution is 2.46. The molecule has 15 heavy (non-hydrogen) atoms. The van der Waals surface area contributed by atoms with Crippen molar-refractivity contribution in [1.29, 1.82) is 0 Å². The molecule has 0 unspecified atom stereocenters. The van der Waals surface area contributed by atoms with Gasteiger partial charge in [0.2, 0.25) is 5.91 Å². The summed E-state index contributed by atoms with van der Waals surface area (Å²) >= 11 is 0. The van der Waals surface area contributed by atoms with Crippen LogP contribution in [0.2, 0.25) is 0 Å². The molecule has 0 aromatic rings. The number of nitrogens with one attached hydrogen (secondary N) is 1. The zero-order valence-corrected chi connectivity index (χ0v) is 8.86. The molecule has 0 atom stereocenters. The zero-order valence-electron chi connectivity index (χ0n) is 8.86. The number of nitrogens with two attached hydrogens (primary N) is 1. The van der Waals surface area contributed by atoms with Crippen molar-refractivity contribution in [2.45, 2.75) is 38.6 Å². The SMILES string of the molecule is CC1CC(NC(=O)C2(C(N)=NO)CC2)C1. The van der Waals surface area contributed by atoms with Gasteiger partial charge in [0, 0.05) is 6.04 Å². The second-order valence-corrected chi connectivity index (χ2v) is 4.81. The summed E-state index contributed by atoms with van der Waals surface area (Å²) in [6.45, 7) is 2.17. The highest BCUT2D eigenvalue weighted by molar-refractivity contribution is 6.09. The maximum Gasteiger partial charge on any atom is 0.234 e. The van der Waals surface area contributed by atoms with Crippen molar-refractivity contribution in [2.24, 2.45) is 22.2 Å². The van der Waals surface area contributed by atoms with Gasteiger partial charge < -0.3 is 16.3 Å². The van der Waals surface area contributed by atoms with Crippen molar-refractivity contribution >= 4 is 11.7 Å². The number of rotatable bonds is 3. The molecule has 0 heterocycles.